The summed E-state index contributed by atoms with van der Waals surface area (Å²) in [5.41, 5.74) is 5.40. The van der Waals surface area contributed by atoms with Gasteiger partial charge in [-0.3, -0.25) is 9.78 Å². The molecule has 0 bridgehead atoms. The highest BCUT2D eigenvalue weighted by Gasteiger charge is 2.23. The number of benzene rings is 2. The molecule has 5 rings (SSSR count). The number of amides is 1. The molecule has 7 heteroatoms. The number of furan rings is 1. The summed E-state index contributed by atoms with van der Waals surface area (Å²) in [6.07, 6.45) is 3.26. The molecular weight excluding hydrogens is 428 g/mol. The number of fused-ring (bicyclic) bond motifs is 1. The molecule has 5 aromatic rings. The van der Waals surface area contributed by atoms with Crippen molar-refractivity contribution in [2.24, 2.45) is 0 Å². The van der Waals surface area contributed by atoms with Crippen molar-refractivity contribution in [3.05, 3.63) is 108 Å². The number of pyridine rings is 1. The molecule has 0 aliphatic heterocycles. The number of aromatic nitrogens is 2. The van der Waals surface area contributed by atoms with Crippen LogP contribution in [0.15, 0.2) is 89.7 Å². The quantitative estimate of drug-likeness (QED) is 0.285. The maximum Gasteiger partial charge on any atom is 0.291 e. The van der Waals surface area contributed by atoms with Crippen LogP contribution in [-0.4, -0.2) is 23.0 Å². The van der Waals surface area contributed by atoms with Gasteiger partial charge in [0, 0.05) is 34.0 Å². The molecule has 2 aromatic carbocycles. The fraction of sp³-hybridized carbons (Fsp3) is 0.111. The number of aryl methyl sites for hydroxylation is 1. The smallest absolute Gasteiger partial charge is 0.291 e. The molecule has 0 fully saturated rings. The van der Waals surface area contributed by atoms with E-state index in [4.69, 9.17) is 9.15 Å². The van der Waals surface area contributed by atoms with Crippen molar-refractivity contribution in [3.63, 3.8) is 0 Å². The second-order valence-electron chi connectivity index (χ2n) is 7.89. The highest BCUT2D eigenvalue weighted by Crippen LogP contribution is 2.37. The van der Waals surface area contributed by atoms with Crippen molar-refractivity contribution in [1.29, 1.82) is 0 Å². The van der Waals surface area contributed by atoms with Gasteiger partial charge in [-0.25, -0.2) is 0 Å². The minimum atomic E-state index is -0.299. The largest absolute Gasteiger partial charge is 0.495 e. The van der Waals surface area contributed by atoms with Gasteiger partial charge in [-0.15, -0.1) is 0 Å². The fourth-order valence-electron chi connectivity index (χ4n) is 4.16. The molecule has 1 amide bonds. The Morgan fingerprint density at radius 2 is 1.91 bits per heavy atom. The van der Waals surface area contributed by atoms with E-state index in [2.05, 4.69) is 20.6 Å². The first kappa shape index (κ1) is 21.3. The molecule has 3 N–H and O–H groups in total. The maximum atomic E-state index is 12.5. The van der Waals surface area contributed by atoms with Crippen LogP contribution in [0.25, 0.3) is 10.9 Å². The number of hydrogen-bond acceptors (Lipinski definition) is 5. The van der Waals surface area contributed by atoms with Gasteiger partial charge >= 0.3 is 0 Å². The van der Waals surface area contributed by atoms with Crippen LogP contribution in [0.5, 0.6) is 5.75 Å². The van der Waals surface area contributed by atoms with Gasteiger partial charge in [0.15, 0.2) is 5.76 Å². The van der Waals surface area contributed by atoms with Gasteiger partial charge in [0.1, 0.15) is 5.75 Å². The minimum absolute atomic E-state index is 0.259. The average Bonchev–Trinajstić information content (AvgIpc) is 3.51. The molecule has 0 saturated carbocycles. The van der Waals surface area contributed by atoms with Crippen LogP contribution >= 0.6 is 0 Å². The first-order chi connectivity index (χ1) is 16.6. The van der Waals surface area contributed by atoms with E-state index in [1.54, 1.807) is 25.4 Å². The molecule has 3 aromatic heterocycles. The predicted octanol–water partition coefficient (Wildman–Crippen LogP) is 5.93. The Labute approximate surface area is 196 Å². The van der Waals surface area contributed by atoms with Crippen molar-refractivity contribution in [2.45, 2.75) is 13.0 Å². The standard InChI is InChI=1S/C27H24N4O3/c1-17-25(19-16-18(12-13-20(19)29-17)30-27(32)24-11-7-15-34-24)26(22-9-5-6-14-28-22)31-21-8-3-4-10-23(21)33-2/h3-16,26,29,31H,1-2H3,(H,30,32). The van der Waals surface area contributed by atoms with Crippen molar-refractivity contribution in [2.75, 3.05) is 17.7 Å². The third-order valence-corrected chi connectivity index (χ3v) is 5.72. The van der Waals surface area contributed by atoms with Gasteiger partial charge in [0.25, 0.3) is 5.91 Å². The van der Waals surface area contributed by atoms with Crippen LogP contribution in [-0.2, 0) is 0 Å². The summed E-state index contributed by atoms with van der Waals surface area (Å²) in [6, 6.07) is 22.5. The predicted molar refractivity (Wildman–Crippen MR) is 132 cm³/mol. The molecule has 34 heavy (non-hydrogen) atoms. The third kappa shape index (κ3) is 4.11. The zero-order valence-electron chi connectivity index (χ0n) is 18.8. The van der Waals surface area contributed by atoms with E-state index in [0.717, 1.165) is 39.3 Å². The number of methoxy groups -OCH3 is 1. The Hall–Kier alpha value is -4.52. The van der Waals surface area contributed by atoms with E-state index in [1.165, 1.54) is 6.26 Å². The van der Waals surface area contributed by atoms with Gasteiger partial charge in [-0.2, -0.15) is 0 Å². The summed E-state index contributed by atoms with van der Waals surface area (Å²) in [5, 5.41) is 7.52. The van der Waals surface area contributed by atoms with E-state index >= 15 is 0 Å². The topological polar surface area (TPSA) is 92.2 Å². The molecule has 1 atom stereocenters. The Balaban J connectivity index is 1.59. The summed E-state index contributed by atoms with van der Waals surface area (Å²) in [7, 11) is 1.65. The van der Waals surface area contributed by atoms with Crippen LogP contribution in [0.4, 0.5) is 11.4 Å². The Morgan fingerprint density at radius 3 is 2.68 bits per heavy atom. The number of ether oxygens (including phenoxy) is 1. The average molecular weight is 453 g/mol. The summed E-state index contributed by atoms with van der Waals surface area (Å²) in [5.74, 6) is 0.702. The van der Waals surface area contributed by atoms with Crippen molar-refractivity contribution >= 4 is 28.2 Å². The number of carbonyl (C=O) groups excluding carboxylic acids is 1. The monoisotopic (exact) mass is 452 g/mol. The van der Waals surface area contributed by atoms with Gasteiger partial charge in [0.2, 0.25) is 0 Å². The lowest BCUT2D eigenvalue weighted by atomic mass is 9.98. The lowest BCUT2D eigenvalue weighted by Gasteiger charge is -2.22. The SMILES string of the molecule is COc1ccccc1NC(c1ccccn1)c1c(C)[nH]c2ccc(NC(=O)c3ccco3)cc12. The highest BCUT2D eigenvalue weighted by molar-refractivity contribution is 6.03. The Bertz CT molecular complexity index is 1430. The van der Waals surface area contributed by atoms with Crippen LogP contribution in [0, 0.1) is 6.92 Å². The first-order valence-electron chi connectivity index (χ1n) is 10.9. The second-order valence-corrected chi connectivity index (χ2v) is 7.89. The Kier molecular flexibility index (Phi) is 5.74. The van der Waals surface area contributed by atoms with Gasteiger partial charge in [-0.1, -0.05) is 18.2 Å². The van der Waals surface area contributed by atoms with Crippen LogP contribution < -0.4 is 15.4 Å². The summed E-state index contributed by atoms with van der Waals surface area (Å²) >= 11 is 0. The number of para-hydroxylation sites is 2. The normalized spacial score (nSPS) is 11.8. The number of hydrogen-bond donors (Lipinski definition) is 3. The van der Waals surface area contributed by atoms with E-state index in [9.17, 15) is 4.79 Å². The van der Waals surface area contributed by atoms with Crippen LogP contribution in [0.3, 0.4) is 0 Å². The summed E-state index contributed by atoms with van der Waals surface area (Å²) in [6.45, 7) is 2.04. The first-order valence-corrected chi connectivity index (χ1v) is 10.9. The fourth-order valence-corrected chi connectivity index (χ4v) is 4.16. The van der Waals surface area contributed by atoms with Gasteiger partial charge in [0.05, 0.1) is 30.8 Å². The van der Waals surface area contributed by atoms with E-state index in [1.807, 2.05) is 67.6 Å². The molecule has 3 heterocycles. The van der Waals surface area contributed by atoms with Crippen molar-refractivity contribution in [3.8, 4) is 5.75 Å². The molecule has 0 radical (unpaired) electrons. The van der Waals surface area contributed by atoms with Crippen LogP contribution in [0.2, 0.25) is 0 Å². The summed E-state index contributed by atoms with van der Waals surface area (Å²) < 4.78 is 10.8. The number of nitrogens with zero attached hydrogens (tertiary/aromatic N) is 1. The second kappa shape index (κ2) is 9.15. The number of nitrogens with one attached hydrogen (secondary N) is 3. The van der Waals surface area contributed by atoms with Crippen LogP contribution in [0.1, 0.15) is 33.5 Å². The molecule has 170 valence electrons. The maximum absolute atomic E-state index is 12.5. The number of carbonyl (C=O) groups is 1. The van der Waals surface area contributed by atoms with E-state index in [-0.39, 0.29) is 17.7 Å². The molecule has 0 aliphatic carbocycles. The van der Waals surface area contributed by atoms with Gasteiger partial charge < -0.3 is 24.8 Å². The lowest BCUT2D eigenvalue weighted by Crippen LogP contribution is -2.15. The molecule has 0 spiro atoms. The van der Waals surface area contributed by atoms with Gasteiger partial charge in [-0.05, 0) is 61.5 Å². The number of anilines is 2. The minimum Gasteiger partial charge on any atom is -0.495 e. The molecule has 0 saturated heterocycles. The van der Waals surface area contributed by atoms with Crippen molar-refractivity contribution < 1.29 is 13.9 Å². The zero-order valence-corrected chi connectivity index (χ0v) is 18.8. The summed E-state index contributed by atoms with van der Waals surface area (Å²) in [4.78, 5) is 20.6. The van der Waals surface area contributed by atoms with E-state index in [0.29, 0.717) is 5.69 Å². The molecule has 7 nitrogen and oxygen atoms in total. The third-order valence-electron chi connectivity index (χ3n) is 5.72. The number of aromatic amines is 1. The number of H-pyrrole nitrogens is 1. The number of rotatable bonds is 7. The van der Waals surface area contributed by atoms with Crippen molar-refractivity contribution in [1.82, 2.24) is 9.97 Å². The molecule has 0 aliphatic rings. The highest BCUT2D eigenvalue weighted by atomic mass is 16.5. The zero-order chi connectivity index (χ0) is 23.5. The lowest BCUT2D eigenvalue weighted by molar-refractivity contribution is 0.0996. The molecular formula is C27H24N4O3. The van der Waals surface area contributed by atoms with E-state index < -0.39 is 0 Å². The Morgan fingerprint density at radius 1 is 1.06 bits per heavy atom. The molecule has 1 unspecified atom stereocenters.